The van der Waals surface area contributed by atoms with E-state index in [1.807, 2.05) is 0 Å². The molecular weight excluding hydrogens is 326 g/mol. The number of nitrogens with zero attached hydrogens (tertiary/aromatic N) is 1. The van der Waals surface area contributed by atoms with Crippen molar-refractivity contribution in [2.45, 2.75) is 13.2 Å². The van der Waals surface area contributed by atoms with Crippen LogP contribution in [-0.4, -0.2) is 10.0 Å². The van der Waals surface area contributed by atoms with Crippen LogP contribution in [-0.2, 0) is 13.2 Å². The van der Waals surface area contributed by atoms with Crippen molar-refractivity contribution in [3.8, 4) is 5.75 Å². The molecule has 0 aliphatic carbocycles. The van der Waals surface area contributed by atoms with Crippen LogP contribution in [0.2, 0.25) is 0 Å². The van der Waals surface area contributed by atoms with Crippen molar-refractivity contribution in [1.82, 2.24) is 0 Å². The highest BCUT2D eigenvalue weighted by Crippen LogP contribution is 2.24. The van der Waals surface area contributed by atoms with Crippen LogP contribution in [0.15, 0.2) is 46.9 Å². The number of nitro benzene ring substituents is 1. The summed E-state index contributed by atoms with van der Waals surface area (Å²) in [4.78, 5) is 10.2. The van der Waals surface area contributed by atoms with Crippen molar-refractivity contribution in [2.24, 2.45) is 0 Å². The standard InChI is InChI=1S/C14H12BrNO4/c15-14-7-12(16(18)19)4-3-11(14)9-20-13-5-1-10(8-17)2-6-13/h1-7,17H,8-9H2. The van der Waals surface area contributed by atoms with Crippen LogP contribution in [0.1, 0.15) is 11.1 Å². The highest BCUT2D eigenvalue weighted by molar-refractivity contribution is 9.10. The summed E-state index contributed by atoms with van der Waals surface area (Å²) in [6, 6.07) is 11.6. The van der Waals surface area contributed by atoms with Gasteiger partial charge in [0.15, 0.2) is 0 Å². The average Bonchev–Trinajstić information content (AvgIpc) is 2.46. The van der Waals surface area contributed by atoms with Gasteiger partial charge in [-0.1, -0.05) is 28.1 Å². The molecular formula is C14H12BrNO4. The lowest BCUT2D eigenvalue weighted by atomic mass is 10.2. The maximum absolute atomic E-state index is 10.6. The summed E-state index contributed by atoms with van der Waals surface area (Å²) in [6.45, 7) is 0.297. The zero-order valence-electron chi connectivity index (χ0n) is 10.5. The molecule has 0 saturated heterocycles. The van der Waals surface area contributed by atoms with Crippen LogP contribution in [0.4, 0.5) is 5.69 Å². The van der Waals surface area contributed by atoms with E-state index in [1.54, 1.807) is 30.3 Å². The zero-order valence-corrected chi connectivity index (χ0v) is 12.0. The molecule has 20 heavy (non-hydrogen) atoms. The summed E-state index contributed by atoms with van der Waals surface area (Å²) < 4.78 is 6.23. The van der Waals surface area contributed by atoms with Gasteiger partial charge in [-0.2, -0.15) is 0 Å². The SMILES string of the molecule is O=[N+]([O-])c1ccc(COc2ccc(CO)cc2)c(Br)c1. The maximum Gasteiger partial charge on any atom is 0.270 e. The van der Waals surface area contributed by atoms with Crippen molar-refractivity contribution in [3.05, 3.63) is 68.2 Å². The van der Waals surface area contributed by atoms with Gasteiger partial charge < -0.3 is 9.84 Å². The molecule has 1 N–H and O–H groups in total. The Bertz CT molecular complexity index is 613. The minimum absolute atomic E-state index is 0.00577. The van der Waals surface area contributed by atoms with Crippen molar-refractivity contribution in [3.63, 3.8) is 0 Å². The van der Waals surface area contributed by atoms with Crippen LogP contribution in [0.25, 0.3) is 0 Å². The number of non-ortho nitro benzene ring substituents is 1. The number of benzene rings is 2. The van der Waals surface area contributed by atoms with Gasteiger partial charge in [-0.05, 0) is 23.8 Å². The number of ether oxygens (including phenoxy) is 1. The minimum atomic E-state index is -0.441. The highest BCUT2D eigenvalue weighted by atomic mass is 79.9. The lowest BCUT2D eigenvalue weighted by Gasteiger charge is -2.08. The van der Waals surface area contributed by atoms with E-state index in [9.17, 15) is 10.1 Å². The van der Waals surface area contributed by atoms with Crippen molar-refractivity contribution >= 4 is 21.6 Å². The number of hydrogen-bond donors (Lipinski definition) is 1. The fourth-order valence-electron chi connectivity index (χ4n) is 1.62. The number of nitro groups is 1. The molecule has 2 aromatic carbocycles. The topological polar surface area (TPSA) is 72.6 Å². The second kappa shape index (κ2) is 6.49. The van der Waals surface area contributed by atoms with Gasteiger partial charge in [-0.3, -0.25) is 10.1 Å². The van der Waals surface area contributed by atoms with E-state index in [-0.39, 0.29) is 12.3 Å². The molecule has 0 fully saturated rings. The molecule has 0 bridgehead atoms. The lowest BCUT2D eigenvalue weighted by Crippen LogP contribution is -1.98. The van der Waals surface area contributed by atoms with Crippen LogP contribution >= 0.6 is 15.9 Å². The van der Waals surface area contributed by atoms with Gasteiger partial charge in [0, 0.05) is 22.2 Å². The number of aliphatic hydroxyl groups is 1. The normalized spacial score (nSPS) is 10.3. The fourth-order valence-corrected chi connectivity index (χ4v) is 2.10. The third-order valence-electron chi connectivity index (χ3n) is 2.75. The summed E-state index contributed by atoms with van der Waals surface area (Å²) >= 11 is 3.29. The summed E-state index contributed by atoms with van der Waals surface area (Å²) in [5.41, 5.74) is 1.67. The Labute approximate surface area is 124 Å². The van der Waals surface area contributed by atoms with E-state index >= 15 is 0 Å². The van der Waals surface area contributed by atoms with Gasteiger partial charge in [-0.25, -0.2) is 0 Å². The summed E-state index contributed by atoms with van der Waals surface area (Å²) in [6.07, 6.45) is 0. The average molecular weight is 338 g/mol. The van der Waals surface area contributed by atoms with Gasteiger partial charge in [-0.15, -0.1) is 0 Å². The molecule has 0 radical (unpaired) electrons. The predicted molar refractivity (Wildman–Crippen MR) is 77.5 cm³/mol. The van der Waals surface area contributed by atoms with Crippen molar-refractivity contribution in [1.29, 1.82) is 0 Å². The van der Waals surface area contributed by atoms with Gasteiger partial charge in [0.2, 0.25) is 0 Å². The fraction of sp³-hybridized carbons (Fsp3) is 0.143. The number of rotatable bonds is 5. The first kappa shape index (κ1) is 14.5. The third-order valence-corrected chi connectivity index (χ3v) is 3.49. The van der Waals surface area contributed by atoms with E-state index in [0.717, 1.165) is 11.1 Å². The summed E-state index contributed by atoms with van der Waals surface area (Å²) in [5.74, 6) is 0.674. The highest BCUT2D eigenvalue weighted by Gasteiger charge is 2.09. The third kappa shape index (κ3) is 3.55. The van der Waals surface area contributed by atoms with Gasteiger partial charge in [0.05, 0.1) is 11.5 Å². The molecule has 104 valence electrons. The Morgan fingerprint density at radius 1 is 1.20 bits per heavy atom. The molecule has 0 heterocycles. The smallest absolute Gasteiger partial charge is 0.270 e. The lowest BCUT2D eigenvalue weighted by molar-refractivity contribution is -0.384. The predicted octanol–water partition coefficient (Wildman–Crippen LogP) is 3.43. The van der Waals surface area contributed by atoms with E-state index in [1.165, 1.54) is 12.1 Å². The van der Waals surface area contributed by atoms with E-state index < -0.39 is 4.92 Å². The number of aliphatic hydroxyl groups excluding tert-OH is 1. The quantitative estimate of drug-likeness (QED) is 0.670. The van der Waals surface area contributed by atoms with Gasteiger partial charge >= 0.3 is 0 Å². The number of hydrogen-bond acceptors (Lipinski definition) is 4. The molecule has 0 spiro atoms. The van der Waals surface area contributed by atoms with E-state index in [2.05, 4.69) is 15.9 Å². The first-order valence-corrected chi connectivity index (χ1v) is 6.65. The second-order valence-electron chi connectivity index (χ2n) is 4.12. The van der Waals surface area contributed by atoms with Crippen LogP contribution < -0.4 is 4.74 Å². The molecule has 0 unspecified atom stereocenters. The van der Waals surface area contributed by atoms with Crippen LogP contribution in [0, 0.1) is 10.1 Å². The molecule has 0 amide bonds. The molecule has 6 heteroatoms. The molecule has 2 aromatic rings. The second-order valence-corrected chi connectivity index (χ2v) is 4.98. The summed E-state index contributed by atoms with van der Waals surface area (Å²) in [7, 11) is 0. The van der Waals surface area contributed by atoms with Gasteiger partial charge in [0.1, 0.15) is 12.4 Å². The first-order chi connectivity index (χ1) is 9.60. The van der Waals surface area contributed by atoms with Crippen molar-refractivity contribution in [2.75, 3.05) is 0 Å². The molecule has 0 aromatic heterocycles. The Balaban J connectivity index is 2.04. The Kier molecular flexibility index (Phi) is 4.70. The van der Waals surface area contributed by atoms with Crippen LogP contribution in [0.5, 0.6) is 5.75 Å². The molecule has 0 saturated carbocycles. The molecule has 0 atom stereocenters. The molecule has 0 aliphatic rings. The zero-order chi connectivity index (χ0) is 14.5. The van der Waals surface area contributed by atoms with Gasteiger partial charge in [0.25, 0.3) is 5.69 Å². The molecule has 0 aliphatic heterocycles. The molecule has 5 nitrogen and oxygen atoms in total. The first-order valence-electron chi connectivity index (χ1n) is 5.85. The minimum Gasteiger partial charge on any atom is -0.489 e. The molecule has 2 rings (SSSR count). The summed E-state index contributed by atoms with van der Waals surface area (Å²) in [5, 5.41) is 19.6. The maximum atomic E-state index is 10.6. The Hall–Kier alpha value is -1.92. The largest absolute Gasteiger partial charge is 0.489 e. The Morgan fingerprint density at radius 3 is 2.45 bits per heavy atom. The number of halogens is 1. The van der Waals surface area contributed by atoms with Crippen LogP contribution in [0.3, 0.4) is 0 Å². The van der Waals surface area contributed by atoms with E-state index in [0.29, 0.717) is 16.8 Å². The monoisotopic (exact) mass is 337 g/mol. The van der Waals surface area contributed by atoms with E-state index in [4.69, 9.17) is 9.84 Å². The Morgan fingerprint density at radius 2 is 1.90 bits per heavy atom. The van der Waals surface area contributed by atoms with Crippen molar-refractivity contribution < 1.29 is 14.8 Å².